The van der Waals surface area contributed by atoms with Gasteiger partial charge in [0.05, 0.1) is 18.2 Å². The van der Waals surface area contributed by atoms with E-state index in [0.717, 1.165) is 12.8 Å². The summed E-state index contributed by atoms with van der Waals surface area (Å²) < 4.78 is 17.1. The molecule has 2 heterocycles. The summed E-state index contributed by atoms with van der Waals surface area (Å²) in [6.45, 7) is 4.43. The Bertz CT molecular complexity index is 1130. The first-order chi connectivity index (χ1) is 16.9. The fourth-order valence-corrected chi connectivity index (χ4v) is 4.22. The predicted molar refractivity (Wildman–Crippen MR) is 132 cm³/mol. The van der Waals surface area contributed by atoms with E-state index < -0.39 is 17.7 Å². The Hall–Kier alpha value is -3.52. The average Bonchev–Trinajstić information content (AvgIpc) is 3.12. The van der Waals surface area contributed by atoms with Crippen molar-refractivity contribution in [1.29, 1.82) is 0 Å². The molecule has 0 spiro atoms. The van der Waals surface area contributed by atoms with Crippen LogP contribution in [0.25, 0.3) is 5.76 Å². The Labute approximate surface area is 205 Å². The monoisotopic (exact) mass is 480 g/mol. The van der Waals surface area contributed by atoms with E-state index in [1.807, 2.05) is 43.3 Å². The van der Waals surface area contributed by atoms with Crippen molar-refractivity contribution >= 4 is 17.4 Å². The van der Waals surface area contributed by atoms with Crippen LogP contribution < -0.4 is 14.2 Å². The number of Topliss-reactive ketones (excluding diaryl/α,β-unsaturated/α-hetero) is 1. The molecule has 1 unspecified atom stereocenters. The normalized spacial score (nSPS) is 18.9. The highest BCUT2D eigenvalue weighted by atomic mass is 16.6. The van der Waals surface area contributed by atoms with E-state index in [2.05, 4.69) is 6.92 Å². The SMILES string of the molecule is CCCCOc1cccc(C2/C(=C(/O)c3ccc4c(c3)OCCO4)C(=O)C(=O)N2CCN(C)C)c1. The third-order valence-electron chi connectivity index (χ3n) is 6.08. The summed E-state index contributed by atoms with van der Waals surface area (Å²) in [6, 6.07) is 11.6. The molecule has 0 saturated carbocycles. The minimum absolute atomic E-state index is 0.0520. The van der Waals surface area contributed by atoms with E-state index in [0.29, 0.717) is 61.3 Å². The number of benzene rings is 2. The highest BCUT2D eigenvalue weighted by Crippen LogP contribution is 2.41. The summed E-state index contributed by atoms with van der Waals surface area (Å²) in [5, 5.41) is 11.3. The van der Waals surface area contributed by atoms with Gasteiger partial charge in [-0.05, 0) is 56.4 Å². The second kappa shape index (κ2) is 10.8. The minimum Gasteiger partial charge on any atom is -0.507 e. The number of ether oxygens (including phenoxy) is 3. The highest BCUT2D eigenvalue weighted by Gasteiger charge is 2.46. The molecule has 8 nitrogen and oxygen atoms in total. The van der Waals surface area contributed by atoms with Gasteiger partial charge >= 0.3 is 0 Å². The minimum atomic E-state index is -0.738. The van der Waals surface area contributed by atoms with Gasteiger partial charge in [-0.1, -0.05) is 25.5 Å². The zero-order chi connectivity index (χ0) is 24.9. The van der Waals surface area contributed by atoms with Gasteiger partial charge < -0.3 is 29.1 Å². The van der Waals surface area contributed by atoms with Crippen molar-refractivity contribution in [1.82, 2.24) is 9.80 Å². The standard InChI is InChI=1S/C27H32N2O6/c1-4-5-13-33-20-8-6-7-18(16-20)24-23(26(31)27(32)29(24)12-11-28(2)3)25(30)19-9-10-21-22(17-19)35-15-14-34-21/h6-10,16-17,24,30H,4-5,11-15H2,1-3H3/b25-23-. The number of aliphatic hydroxyl groups excluding tert-OH is 1. The Morgan fingerprint density at radius 3 is 2.63 bits per heavy atom. The molecule has 2 aliphatic rings. The zero-order valence-electron chi connectivity index (χ0n) is 20.5. The van der Waals surface area contributed by atoms with Gasteiger partial charge in [0.15, 0.2) is 11.5 Å². The molecule has 1 fully saturated rings. The van der Waals surface area contributed by atoms with Gasteiger partial charge in [-0.3, -0.25) is 9.59 Å². The van der Waals surface area contributed by atoms with E-state index in [4.69, 9.17) is 14.2 Å². The van der Waals surface area contributed by atoms with Crippen LogP contribution in [0.5, 0.6) is 17.2 Å². The number of carbonyl (C=O) groups is 2. The van der Waals surface area contributed by atoms with Gasteiger partial charge in [-0.25, -0.2) is 0 Å². The maximum Gasteiger partial charge on any atom is 0.295 e. The first-order valence-corrected chi connectivity index (χ1v) is 12.0. The molecule has 0 aliphatic carbocycles. The van der Waals surface area contributed by atoms with Crippen LogP contribution in [0.15, 0.2) is 48.0 Å². The van der Waals surface area contributed by atoms with E-state index in [9.17, 15) is 14.7 Å². The van der Waals surface area contributed by atoms with Gasteiger partial charge in [0.2, 0.25) is 0 Å². The number of fused-ring (bicyclic) bond motifs is 1. The first-order valence-electron chi connectivity index (χ1n) is 12.0. The quantitative estimate of drug-likeness (QED) is 0.254. The van der Waals surface area contributed by atoms with Gasteiger partial charge in [0.25, 0.3) is 11.7 Å². The first kappa shape index (κ1) is 24.6. The lowest BCUT2D eigenvalue weighted by Gasteiger charge is -2.27. The number of hydrogen-bond donors (Lipinski definition) is 1. The summed E-state index contributed by atoms with van der Waals surface area (Å²) >= 11 is 0. The van der Waals surface area contributed by atoms with E-state index in [-0.39, 0.29) is 11.3 Å². The number of nitrogens with zero attached hydrogens (tertiary/aromatic N) is 2. The van der Waals surface area contributed by atoms with Crippen molar-refractivity contribution in [2.24, 2.45) is 0 Å². The van der Waals surface area contributed by atoms with Crippen molar-refractivity contribution < 1.29 is 28.9 Å². The molecule has 2 aromatic carbocycles. The molecule has 0 bridgehead atoms. The van der Waals surface area contributed by atoms with Crippen LogP contribution in [-0.4, -0.2) is 73.6 Å². The van der Waals surface area contributed by atoms with Crippen LogP contribution >= 0.6 is 0 Å². The molecule has 1 saturated heterocycles. The molecule has 35 heavy (non-hydrogen) atoms. The lowest BCUT2D eigenvalue weighted by atomic mass is 9.95. The van der Waals surface area contributed by atoms with Crippen molar-refractivity contribution in [3.8, 4) is 17.2 Å². The van der Waals surface area contributed by atoms with Crippen molar-refractivity contribution in [3.63, 3.8) is 0 Å². The second-order valence-electron chi connectivity index (χ2n) is 8.93. The van der Waals surface area contributed by atoms with Crippen LogP contribution in [0.4, 0.5) is 0 Å². The number of rotatable bonds is 9. The van der Waals surface area contributed by atoms with Gasteiger partial charge in [0, 0.05) is 18.7 Å². The average molecular weight is 481 g/mol. The van der Waals surface area contributed by atoms with Crippen LogP contribution in [0, 0.1) is 0 Å². The maximum absolute atomic E-state index is 13.2. The molecule has 0 radical (unpaired) electrons. The Morgan fingerprint density at radius 1 is 1.11 bits per heavy atom. The number of carbonyl (C=O) groups excluding carboxylic acids is 2. The number of likely N-dealkylation sites (tertiary alicyclic amines) is 1. The molecule has 1 N–H and O–H groups in total. The van der Waals surface area contributed by atoms with E-state index >= 15 is 0 Å². The predicted octanol–water partition coefficient (Wildman–Crippen LogP) is 3.62. The summed E-state index contributed by atoms with van der Waals surface area (Å²) in [5.41, 5.74) is 1.15. The Balaban J connectivity index is 1.77. The summed E-state index contributed by atoms with van der Waals surface area (Å²) in [7, 11) is 3.81. The third-order valence-corrected chi connectivity index (χ3v) is 6.08. The maximum atomic E-state index is 13.2. The van der Waals surface area contributed by atoms with E-state index in [1.54, 1.807) is 18.2 Å². The van der Waals surface area contributed by atoms with Crippen LogP contribution in [0.2, 0.25) is 0 Å². The highest BCUT2D eigenvalue weighted by molar-refractivity contribution is 6.46. The molecule has 0 aromatic heterocycles. The van der Waals surface area contributed by atoms with Crippen molar-refractivity contribution in [2.45, 2.75) is 25.8 Å². The summed E-state index contributed by atoms with van der Waals surface area (Å²) in [5.74, 6) is 0.146. The molecule has 2 aromatic rings. The molecule has 8 heteroatoms. The Kier molecular flexibility index (Phi) is 7.60. The Morgan fingerprint density at radius 2 is 1.89 bits per heavy atom. The number of ketones is 1. The van der Waals surface area contributed by atoms with Gasteiger partial charge in [-0.15, -0.1) is 0 Å². The molecule has 1 atom stereocenters. The largest absolute Gasteiger partial charge is 0.507 e. The number of amides is 1. The van der Waals surface area contributed by atoms with Crippen LogP contribution in [-0.2, 0) is 9.59 Å². The zero-order valence-corrected chi connectivity index (χ0v) is 20.5. The molecule has 186 valence electrons. The fourth-order valence-electron chi connectivity index (χ4n) is 4.22. The molecule has 4 rings (SSSR count). The van der Waals surface area contributed by atoms with Gasteiger partial charge in [-0.2, -0.15) is 0 Å². The topological polar surface area (TPSA) is 88.5 Å². The van der Waals surface area contributed by atoms with Crippen molar-refractivity contribution in [2.75, 3.05) is 47.0 Å². The van der Waals surface area contributed by atoms with Crippen molar-refractivity contribution in [3.05, 3.63) is 59.2 Å². The lowest BCUT2D eigenvalue weighted by Crippen LogP contribution is -2.35. The van der Waals surface area contributed by atoms with Gasteiger partial charge in [0.1, 0.15) is 24.7 Å². The molecular weight excluding hydrogens is 448 g/mol. The molecule has 1 amide bonds. The summed E-state index contributed by atoms with van der Waals surface area (Å²) in [6.07, 6.45) is 1.94. The third kappa shape index (κ3) is 5.27. The fraction of sp³-hybridized carbons (Fsp3) is 0.407. The smallest absolute Gasteiger partial charge is 0.295 e. The molecule has 2 aliphatic heterocycles. The number of hydrogen-bond acceptors (Lipinski definition) is 7. The lowest BCUT2D eigenvalue weighted by molar-refractivity contribution is -0.140. The van der Waals surface area contributed by atoms with Crippen LogP contribution in [0.3, 0.4) is 0 Å². The molecular formula is C27H32N2O6. The number of aliphatic hydroxyl groups is 1. The number of likely N-dealkylation sites (N-methyl/N-ethyl adjacent to an activating group) is 1. The summed E-state index contributed by atoms with van der Waals surface area (Å²) in [4.78, 5) is 29.8. The van der Waals surface area contributed by atoms with E-state index in [1.165, 1.54) is 4.90 Å². The second-order valence-corrected chi connectivity index (χ2v) is 8.93. The van der Waals surface area contributed by atoms with Crippen LogP contribution in [0.1, 0.15) is 36.9 Å². The number of unbranched alkanes of at least 4 members (excludes halogenated alkanes) is 1.